The Labute approximate surface area is 31.6 Å². The van der Waals surface area contributed by atoms with Gasteiger partial charge in [0.15, 0.2) is 0 Å². The molecule has 0 saturated heterocycles. The molecular weight excluding hydrogens is 74.0 g/mol. The zero-order chi connectivity index (χ0) is 5.71. The van der Waals surface area contributed by atoms with Crippen LogP contribution in [0.25, 0.3) is 0 Å². The third-order valence-electron chi connectivity index (χ3n) is 0.444. The quantitative estimate of drug-likeness (QED) is 0.412. The zero-order valence-corrected chi connectivity index (χ0v) is 2.46. The van der Waals surface area contributed by atoms with Gasteiger partial charge < -0.3 is 0 Å². The Hall–Kier alpha value is -0.140. The van der Waals surface area contributed by atoms with Crippen LogP contribution in [0.2, 0.25) is 0 Å². The van der Waals surface area contributed by atoms with Gasteiger partial charge >= 0.3 is 0 Å². The Kier molecular flexibility index (Phi) is 0.157. The molecule has 0 aliphatic heterocycles. The largest absolute Gasteiger partial charge is 0.248 e. The minimum absolute atomic E-state index is 0.597. The van der Waals surface area contributed by atoms with Gasteiger partial charge in [-0.3, -0.25) is 0 Å². The summed E-state index contributed by atoms with van der Waals surface area (Å²) in [4.78, 5) is 0. The summed E-state index contributed by atoms with van der Waals surface area (Å²) in [5, 5.41) is 0. The van der Waals surface area contributed by atoms with Gasteiger partial charge in [-0.15, -0.1) is 0 Å². The van der Waals surface area contributed by atoms with Gasteiger partial charge in [0.2, 0.25) is 5.92 Å². The molecule has 0 aromatic heterocycles. The molecule has 0 unspecified atom stereocenters. The molecule has 0 radical (unpaired) electrons. The van der Waals surface area contributed by atoms with Crippen LogP contribution in [0.15, 0.2) is 0 Å². The Morgan fingerprint density at radius 2 is 2.00 bits per heavy atom. The summed E-state index contributed by atoms with van der Waals surface area (Å²) in [6.07, 6.45) is -2.78. The Morgan fingerprint density at radius 1 is 1.80 bits per heavy atom. The highest BCUT2D eigenvalue weighted by molar-refractivity contribution is 4.81. The molecule has 0 aromatic carbocycles. The van der Waals surface area contributed by atoms with Crippen LogP contribution in [-0.2, 0) is 0 Å². The van der Waals surface area contributed by atoms with Crippen LogP contribution < -0.4 is 0 Å². The van der Waals surface area contributed by atoms with E-state index in [4.69, 9.17) is 2.74 Å². The second-order valence-electron chi connectivity index (χ2n) is 1.06. The highest BCUT2D eigenvalue weighted by atomic mass is 19.3. The van der Waals surface area contributed by atoms with Gasteiger partial charge in [0.1, 0.15) is 0 Å². The van der Waals surface area contributed by atoms with Gasteiger partial charge in [0.05, 0.1) is 0 Å². The smallest absolute Gasteiger partial charge is 0.207 e. The van der Waals surface area contributed by atoms with Gasteiger partial charge in [-0.1, -0.05) is 0 Å². The van der Waals surface area contributed by atoms with Gasteiger partial charge in [0, 0.05) is 15.5 Å². The van der Waals surface area contributed by atoms with E-state index in [2.05, 4.69) is 0 Å². The van der Waals surface area contributed by atoms with Crippen LogP contribution in [0.1, 0.15) is 15.5 Å². The molecule has 0 bridgehead atoms. The number of rotatable bonds is 0. The monoisotopic (exact) mass is 80.0 g/mol. The maximum atomic E-state index is 11.5. The topological polar surface area (TPSA) is 0 Å². The van der Waals surface area contributed by atoms with Gasteiger partial charge in [-0.25, -0.2) is 8.78 Å². The van der Waals surface area contributed by atoms with Crippen molar-refractivity contribution in [2.24, 2.45) is 0 Å². The van der Waals surface area contributed by atoms with Crippen molar-refractivity contribution in [3.05, 3.63) is 0 Å². The third kappa shape index (κ3) is 0.565. The fraction of sp³-hybridized carbons (Fsp3) is 1.00. The van der Waals surface area contributed by atoms with Crippen LogP contribution in [-0.4, -0.2) is 5.92 Å². The van der Waals surface area contributed by atoms with Crippen molar-refractivity contribution in [1.82, 2.24) is 0 Å². The van der Waals surface area contributed by atoms with E-state index in [-0.39, 0.29) is 0 Å². The van der Waals surface area contributed by atoms with Crippen molar-refractivity contribution >= 4 is 0 Å². The number of hydrogen-bond acceptors (Lipinski definition) is 0. The summed E-state index contributed by atoms with van der Waals surface area (Å²) in [5.74, 6) is -3.02. The van der Waals surface area contributed by atoms with E-state index in [0.29, 0.717) is 0 Å². The summed E-state index contributed by atoms with van der Waals surface area (Å²) in [7, 11) is 0. The van der Waals surface area contributed by atoms with Crippen molar-refractivity contribution in [3.63, 3.8) is 0 Å². The molecule has 5 heavy (non-hydrogen) atoms. The first kappa shape index (κ1) is 1.54. The highest BCUT2D eigenvalue weighted by Crippen LogP contribution is 2.40. The number of alkyl halides is 2. The van der Waals surface area contributed by atoms with E-state index in [1.807, 2.05) is 0 Å². The van der Waals surface area contributed by atoms with Crippen LogP contribution in [0.3, 0.4) is 0 Å². The van der Waals surface area contributed by atoms with Crippen LogP contribution >= 0.6 is 0 Å². The molecule has 1 fully saturated rings. The summed E-state index contributed by atoms with van der Waals surface area (Å²) in [5.41, 5.74) is 0. The van der Waals surface area contributed by atoms with Gasteiger partial charge in [0.25, 0.3) is 0 Å². The zero-order valence-electron chi connectivity index (χ0n) is 4.46. The van der Waals surface area contributed by atoms with Crippen LogP contribution in [0, 0.1) is 0 Å². The lowest BCUT2D eigenvalue weighted by Crippen LogP contribution is -1.79. The highest BCUT2D eigenvalue weighted by Gasteiger charge is 2.43. The molecule has 2 heteroatoms. The van der Waals surface area contributed by atoms with E-state index in [9.17, 15) is 8.78 Å². The molecule has 0 nitrogen and oxygen atoms in total. The summed E-state index contributed by atoms with van der Waals surface area (Å²) < 4.78 is 35.8. The first-order chi connectivity index (χ1) is 2.96. The Bertz CT molecular complexity index is 87.1. The SMILES string of the molecule is [2H]C1([2H])CC1(F)F. The predicted octanol–water partition coefficient (Wildman–Crippen LogP) is 1.42. The standard InChI is InChI=1S/C3H4F2/c4-3(5)1-2-3/h1-2H2/i1D2. The van der Waals surface area contributed by atoms with Crippen molar-refractivity contribution in [1.29, 1.82) is 0 Å². The van der Waals surface area contributed by atoms with E-state index < -0.39 is 18.7 Å². The van der Waals surface area contributed by atoms with Gasteiger partial charge in [-0.05, 0) is 0 Å². The third-order valence-corrected chi connectivity index (χ3v) is 0.444. The molecule has 0 amide bonds. The van der Waals surface area contributed by atoms with Crippen molar-refractivity contribution < 1.29 is 11.5 Å². The summed E-state index contributed by atoms with van der Waals surface area (Å²) in [6, 6.07) is 0. The Morgan fingerprint density at radius 3 is 2.00 bits per heavy atom. The predicted molar refractivity (Wildman–Crippen MR) is 14.2 cm³/mol. The second-order valence-corrected chi connectivity index (χ2v) is 1.06. The molecule has 0 atom stereocenters. The fourth-order valence-electron chi connectivity index (χ4n) is 0.0668. The lowest BCUT2D eigenvalue weighted by molar-refractivity contribution is 0.120. The first-order valence-corrected chi connectivity index (χ1v) is 1.34. The average Bonchev–Trinajstić information content (AvgIpc) is 1.63. The molecule has 0 spiro atoms. The minimum atomic E-state index is -3.02. The molecule has 0 aromatic rings. The molecule has 0 N–H and O–H groups in total. The fourth-order valence-corrected chi connectivity index (χ4v) is 0.0668. The van der Waals surface area contributed by atoms with E-state index in [0.717, 1.165) is 0 Å². The second kappa shape index (κ2) is 0.511. The minimum Gasteiger partial charge on any atom is -0.207 e. The van der Waals surface area contributed by atoms with Crippen LogP contribution in [0.4, 0.5) is 8.78 Å². The number of halogens is 2. The molecule has 1 aliphatic rings. The van der Waals surface area contributed by atoms with Crippen molar-refractivity contribution in [2.45, 2.75) is 18.7 Å². The Balaban J connectivity index is 2.59. The molecule has 1 rings (SSSR count). The lowest BCUT2D eigenvalue weighted by Gasteiger charge is -1.76. The lowest BCUT2D eigenvalue weighted by atomic mass is 10.8. The summed E-state index contributed by atoms with van der Waals surface area (Å²) in [6.45, 7) is 0. The molecule has 30 valence electrons. The van der Waals surface area contributed by atoms with Crippen LogP contribution in [0.5, 0.6) is 0 Å². The van der Waals surface area contributed by atoms with E-state index >= 15 is 0 Å². The normalized spacial score (nSPS) is 46.0. The first-order valence-electron chi connectivity index (χ1n) is 2.34. The molecular formula is C3H4F2. The molecule has 1 saturated carbocycles. The van der Waals surface area contributed by atoms with E-state index in [1.165, 1.54) is 0 Å². The maximum Gasteiger partial charge on any atom is 0.248 e. The van der Waals surface area contributed by atoms with Crippen molar-refractivity contribution in [2.75, 3.05) is 0 Å². The molecule has 1 aliphatic carbocycles. The average molecular weight is 80.1 g/mol. The summed E-state index contributed by atoms with van der Waals surface area (Å²) >= 11 is 0. The maximum absolute atomic E-state index is 11.5. The molecule has 0 heterocycles. The van der Waals surface area contributed by atoms with Crippen molar-refractivity contribution in [3.8, 4) is 0 Å². The number of hydrogen-bond donors (Lipinski definition) is 0. The van der Waals surface area contributed by atoms with Gasteiger partial charge in [-0.2, -0.15) is 0 Å². The van der Waals surface area contributed by atoms with E-state index in [1.54, 1.807) is 0 Å².